The highest BCUT2D eigenvalue weighted by Gasteiger charge is 2.34. The van der Waals surface area contributed by atoms with Gasteiger partial charge in [-0.3, -0.25) is 4.79 Å². The molecule has 1 aliphatic rings. The van der Waals surface area contributed by atoms with Crippen molar-refractivity contribution in [2.75, 3.05) is 0 Å². The highest BCUT2D eigenvalue weighted by Crippen LogP contribution is 2.37. The standard InChI is InChI=1S/C24H28F3NO/c1-14(2)23(29)9-7-16-6-8-22(28)19(16)11-15-4-3-5-17(10-15)20-12-18(25)13-21(26)24(20)27/h3-5,10,12-14,16,19,22H,6-9,11,28H2,1-2H3. The largest absolute Gasteiger partial charge is 0.327 e. The second-order valence-electron chi connectivity index (χ2n) is 8.48. The molecule has 0 saturated heterocycles. The lowest BCUT2D eigenvalue weighted by atomic mass is 9.83. The van der Waals surface area contributed by atoms with Crippen molar-refractivity contribution in [1.82, 2.24) is 0 Å². The molecule has 0 aromatic heterocycles. The Hall–Kier alpha value is -2.14. The van der Waals surface area contributed by atoms with Crippen molar-refractivity contribution in [2.24, 2.45) is 23.5 Å². The minimum absolute atomic E-state index is 0.0433. The zero-order valence-electron chi connectivity index (χ0n) is 16.9. The number of rotatable bonds is 7. The Labute approximate surface area is 170 Å². The lowest BCUT2D eigenvalue weighted by Crippen LogP contribution is -2.29. The molecule has 2 N–H and O–H groups in total. The van der Waals surface area contributed by atoms with Gasteiger partial charge in [-0.05, 0) is 54.7 Å². The molecule has 0 bridgehead atoms. The van der Waals surface area contributed by atoms with Crippen LogP contribution in [-0.2, 0) is 11.2 Å². The van der Waals surface area contributed by atoms with Crippen LogP contribution in [0.5, 0.6) is 0 Å². The summed E-state index contributed by atoms with van der Waals surface area (Å²) in [7, 11) is 0. The SMILES string of the molecule is CC(C)C(=O)CCC1CCC(N)C1Cc1cccc(-c2cc(F)cc(F)c2F)c1. The molecule has 29 heavy (non-hydrogen) atoms. The topological polar surface area (TPSA) is 43.1 Å². The molecule has 2 aromatic carbocycles. The molecule has 3 rings (SSSR count). The zero-order chi connectivity index (χ0) is 21.1. The Kier molecular flexibility index (Phi) is 6.78. The predicted molar refractivity (Wildman–Crippen MR) is 109 cm³/mol. The first kappa shape index (κ1) is 21.6. The third-order valence-corrected chi connectivity index (χ3v) is 6.13. The fourth-order valence-corrected chi connectivity index (χ4v) is 4.38. The van der Waals surface area contributed by atoms with Crippen LogP contribution < -0.4 is 5.73 Å². The van der Waals surface area contributed by atoms with Gasteiger partial charge in [-0.25, -0.2) is 13.2 Å². The van der Waals surface area contributed by atoms with E-state index in [0.29, 0.717) is 30.4 Å². The van der Waals surface area contributed by atoms with Crippen LogP contribution in [0.3, 0.4) is 0 Å². The lowest BCUT2D eigenvalue weighted by Gasteiger charge is -2.23. The summed E-state index contributed by atoms with van der Waals surface area (Å²) in [6.45, 7) is 3.83. The molecule has 1 fully saturated rings. The van der Waals surface area contributed by atoms with Crippen LogP contribution in [-0.4, -0.2) is 11.8 Å². The van der Waals surface area contributed by atoms with Gasteiger partial charge >= 0.3 is 0 Å². The van der Waals surface area contributed by atoms with Crippen LogP contribution in [0.1, 0.15) is 45.1 Å². The first-order valence-corrected chi connectivity index (χ1v) is 10.3. The second kappa shape index (κ2) is 9.12. The van der Waals surface area contributed by atoms with Crippen LogP contribution in [0.15, 0.2) is 36.4 Å². The summed E-state index contributed by atoms with van der Waals surface area (Å²) in [6, 6.07) is 8.74. The van der Waals surface area contributed by atoms with Gasteiger partial charge in [0.05, 0.1) is 0 Å². The molecule has 0 aliphatic heterocycles. The van der Waals surface area contributed by atoms with Crippen LogP contribution in [0.2, 0.25) is 0 Å². The maximum Gasteiger partial charge on any atom is 0.166 e. The minimum Gasteiger partial charge on any atom is -0.327 e. The molecule has 0 amide bonds. The van der Waals surface area contributed by atoms with Crippen LogP contribution in [0.25, 0.3) is 11.1 Å². The molecule has 2 nitrogen and oxygen atoms in total. The summed E-state index contributed by atoms with van der Waals surface area (Å²) in [4.78, 5) is 12.0. The summed E-state index contributed by atoms with van der Waals surface area (Å²) in [6.07, 6.45) is 4.03. The van der Waals surface area contributed by atoms with Crippen LogP contribution >= 0.6 is 0 Å². The van der Waals surface area contributed by atoms with Gasteiger partial charge in [0.15, 0.2) is 11.6 Å². The van der Waals surface area contributed by atoms with E-state index in [0.717, 1.165) is 30.9 Å². The smallest absolute Gasteiger partial charge is 0.166 e. The maximum absolute atomic E-state index is 14.2. The second-order valence-corrected chi connectivity index (χ2v) is 8.48. The Morgan fingerprint density at radius 2 is 1.90 bits per heavy atom. The first-order chi connectivity index (χ1) is 13.8. The number of hydrogen-bond acceptors (Lipinski definition) is 2. The molecular formula is C24H28F3NO. The third-order valence-electron chi connectivity index (χ3n) is 6.13. The molecule has 0 spiro atoms. The molecule has 5 heteroatoms. The van der Waals surface area contributed by atoms with Gasteiger partial charge in [-0.1, -0.05) is 38.1 Å². The van der Waals surface area contributed by atoms with Crippen LogP contribution in [0.4, 0.5) is 13.2 Å². The van der Waals surface area contributed by atoms with E-state index in [-0.39, 0.29) is 29.2 Å². The Balaban J connectivity index is 1.78. The van der Waals surface area contributed by atoms with Gasteiger partial charge in [-0.2, -0.15) is 0 Å². The summed E-state index contributed by atoms with van der Waals surface area (Å²) in [5.74, 6) is -2.13. The number of hydrogen-bond donors (Lipinski definition) is 1. The maximum atomic E-state index is 14.2. The van der Waals surface area contributed by atoms with Gasteiger partial charge in [0.1, 0.15) is 11.6 Å². The van der Waals surface area contributed by atoms with Crippen molar-refractivity contribution in [3.63, 3.8) is 0 Å². The van der Waals surface area contributed by atoms with Crippen molar-refractivity contribution in [1.29, 1.82) is 0 Å². The molecule has 0 radical (unpaired) electrons. The quantitative estimate of drug-likeness (QED) is 0.605. The molecule has 3 atom stereocenters. The van der Waals surface area contributed by atoms with E-state index >= 15 is 0 Å². The summed E-state index contributed by atoms with van der Waals surface area (Å²) in [5.41, 5.74) is 7.66. The van der Waals surface area contributed by atoms with E-state index in [9.17, 15) is 18.0 Å². The fourth-order valence-electron chi connectivity index (χ4n) is 4.38. The monoisotopic (exact) mass is 403 g/mol. The van der Waals surface area contributed by atoms with Crippen molar-refractivity contribution >= 4 is 5.78 Å². The third kappa shape index (κ3) is 5.08. The predicted octanol–water partition coefficient (Wildman–Crippen LogP) is 5.67. The van der Waals surface area contributed by atoms with Gasteiger partial charge in [-0.15, -0.1) is 0 Å². The van der Waals surface area contributed by atoms with Gasteiger partial charge in [0, 0.05) is 30.0 Å². The molecule has 0 heterocycles. The molecule has 1 aliphatic carbocycles. The lowest BCUT2D eigenvalue weighted by molar-refractivity contribution is -0.122. The Morgan fingerprint density at radius 1 is 1.14 bits per heavy atom. The van der Waals surface area contributed by atoms with Crippen molar-refractivity contribution < 1.29 is 18.0 Å². The van der Waals surface area contributed by atoms with Gasteiger partial charge < -0.3 is 5.73 Å². The van der Waals surface area contributed by atoms with E-state index < -0.39 is 17.5 Å². The highest BCUT2D eigenvalue weighted by atomic mass is 19.2. The van der Waals surface area contributed by atoms with Crippen molar-refractivity contribution in [3.05, 3.63) is 59.4 Å². The van der Waals surface area contributed by atoms with E-state index in [2.05, 4.69) is 0 Å². The summed E-state index contributed by atoms with van der Waals surface area (Å²) in [5, 5.41) is 0. The Bertz CT molecular complexity index is 880. The average molecular weight is 403 g/mol. The molecule has 2 aromatic rings. The first-order valence-electron chi connectivity index (χ1n) is 10.3. The van der Waals surface area contributed by atoms with E-state index in [1.165, 1.54) is 0 Å². The number of carbonyl (C=O) groups excluding carboxylic acids is 1. The van der Waals surface area contributed by atoms with Crippen molar-refractivity contribution in [2.45, 2.75) is 52.0 Å². The van der Waals surface area contributed by atoms with Crippen LogP contribution in [0, 0.1) is 35.2 Å². The molecular weight excluding hydrogens is 375 g/mol. The summed E-state index contributed by atoms with van der Waals surface area (Å²) >= 11 is 0. The number of ketones is 1. The number of carbonyl (C=O) groups is 1. The number of halogens is 3. The normalized spacial score (nSPS) is 21.7. The number of nitrogens with two attached hydrogens (primary N) is 1. The number of benzene rings is 2. The number of Topliss-reactive ketones (excluding diaryl/α,β-unsaturated/α-hetero) is 1. The van der Waals surface area contributed by atoms with E-state index in [1.54, 1.807) is 18.2 Å². The van der Waals surface area contributed by atoms with Gasteiger partial charge in [0.25, 0.3) is 0 Å². The fraction of sp³-hybridized carbons (Fsp3) is 0.458. The van der Waals surface area contributed by atoms with Crippen molar-refractivity contribution in [3.8, 4) is 11.1 Å². The average Bonchev–Trinajstić information content (AvgIpc) is 3.02. The summed E-state index contributed by atoms with van der Waals surface area (Å²) < 4.78 is 41.4. The molecule has 3 unspecified atom stereocenters. The van der Waals surface area contributed by atoms with Gasteiger partial charge in [0.2, 0.25) is 0 Å². The zero-order valence-corrected chi connectivity index (χ0v) is 16.9. The minimum atomic E-state index is -1.20. The molecule has 1 saturated carbocycles. The van der Waals surface area contributed by atoms with E-state index in [1.807, 2.05) is 19.9 Å². The molecule has 156 valence electrons. The van der Waals surface area contributed by atoms with E-state index in [4.69, 9.17) is 5.73 Å². The highest BCUT2D eigenvalue weighted by molar-refractivity contribution is 5.80. The Morgan fingerprint density at radius 3 is 2.62 bits per heavy atom.